The fraction of sp³-hybridized carbons (Fsp3) is 0.154. The predicted octanol–water partition coefficient (Wildman–Crippen LogP) is 2.75. The number of nitrogens with zero attached hydrogens (tertiary/aromatic N) is 1. The molecule has 0 bridgehead atoms. The second kappa shape index (κ2) is 4.59. The summed E-state index contributed by atoms with van der Waals surface area (Å²) in [4.78, 5) is 3.58. The van der Waals surface area contributed by atoms with Gasteiger partial charge in [0, 0.05) is 17.3 Å². The molecule has 0 aliphatic carbocycles. The Morgan fingerprint density at radius 2 is 1.82 bits per heavy atom. The van der Waals surface area contributed by atoms with Gasteiger partial charge in [-0.05, 0) is 24.6 Å². The van der Waals surface area contributed by atoms with Gasteiger partial charge < -0.3 is 5.11 Å². The van der Waals surface area contributed by atoms with Crippen molar-refractivity contribution in [3.63, 3.8) is 0 Å². The molecule has 0 radical (unpaired) electrons. The standard InChI is InChI=1S/C13H11F2NO/c1-8-2-3-9(11(14)6-8)13(17)10-4-5-16-7-12(10)15/h2-7,13,17H,1H3. The summed E-state index contributed by atoms with van der Waals surface area (Å²) in [7, 11) is 0. The highest BCUT2D eigenvalue weighted by Gasteiger charge is 2.18. The minimum absolute atomic E-state index is 0.0164. The van der Waals surface area contributed by atoms with Crippen LogP contribution in [0.2, 0.25) is 0 Å². The van der Waals surface area contributed by atoms with Crippen molar-refractivity contribution in [2.24, 2.45) is 0 Å². The summed E-state index contributed by atoms with van der Waals surface area (Å²) in [5.41, 5.74) is 0.817. The van der Waals surface area contributed by atoms with Crippen molar-refractivity contribution in [1.82, 2.24) is 4.98 Å². The molecule has 0 amide bonds. The highest BCUT2D eigenvalue weighted by atomic mass is 19.1. The number of rotatable bonds is 2. The molecule has 2 rings (SSSR count). The van der Waals surface area contributed by atoms with Gasteiger partial charge in [0.1, 0.15) is 17.7 Å². The van der Waals surface area contributed by atoms with Gasteiger partial charge in [0.05, 0.1) is 6.20 Å². The van der Waals surface area contributed by atoms with Gasteiger partial charge >= 0.3 is 0 Å². The molecule has 1 unspecified atom stereocenters. The van der Waals surface area contributed by atoms with Crippen LogP contribution in [-0.4, -0.2) is 10.1 Å². The maximum absolute atomic E-state index is 13.6. The molecule has 4 heteroatoms. The zero-order valence-electron chi connectivity index (χ0n) is 9.19. The quantitative estimate of drug-likeness (QED) is 0.868. The van der Waals surface area contributed by atoms with Crippen LogP contribution < -0.4 is 0 Å². The first-order chi connectivity index (χ1) is 8.09. The predicted molar refractivity (Wildman–Crippen MR) is 59.4 cm³/mol. The average molecular weight is 235 g/mol. The first-order valence-corrected chi connectivity index (χ1v) is 5.13. The van der Waals surface area contributed by atoms with E-state index < -0.39 is 17.7 Å². The van der Waals surface area contributed by atoms with Crippen molar-refractivity contribution in [3.05, 3.63) is 65.0 Å². The van der Waals surface area contributed by atoms with E-state index >= 15 is 0 Å². The number of benzene rings is 1. The van der Waals surface area contributed by atoms with Crippen LogP contribution in [0.15, 0.2) is 36.7 Å². The number of halogens is 2. The number of aliphatic hydroxyl groups is 1. The van der Waals surface area contributed by atoms with Crippen LogP contribution in [0.1, 0.15) is 22.8 Å². The van der Waals surface area contributed by atoms with Crippen molar-refractivity contribution in [3.8, 4) is 0 Å². The molecule has 0 aliphatic rings. The van der Waals surface area contributed by atoms with Crippen molar-refractivity contribution in [1.29, 1.82) is 0 Å². The van der Waals surface area contributed by atoms with Gasteiger partial charge in [-0.1, -0.05) is 12.1 Å². The fourth-order valence-corrected chi connectivity index (χ4v) is 1.63. The fourth-order valence-electron chi connectivity index (χ4n) is 1.63. The van der Waals surface area contributed by atoms with Gasteiger partial charge in [-0.3, -0.25) is 4.98 Å². The zero-order chi connectivity index (χ0) is 12.4. The normalized spacial score (nSPS) is 12.5. The van der Waals surface area contributed by atoms with E-state index in [1.54, 1.807) is 13.0 Å². The molecule has 0 saturated carbocycles. The lowest BCUT2D eigenvalue weighted by molar-refractivity contribution is 0.209. The lowest BCUT2D eigenvalue weighted by atomic mass is 10.0. The van der Waals surface area contributed by atoms with Gasteiger partial charge in [-0.25, -0.2) is 8.78 Å². The highest BCUT2D eigenvalue weighted by molar-refractivity contribution is 5.32. The third kappa shape index (κ3) is 2.31. The smallest absolute Gasteiger partial charge is 0.147 e. The third-order valence-electron chi connectivity index (χ3n) is 2.55. The number of aromatic nitrogens is 1. The lowest BCUT2D eigenvalue weighted by Crippen LogP contribution is -2.05. The maximum Gasteiger partial charge on any atom is 0.147 e. The van der Waals surface area contributed by atoms with Crippen LogP contribution in [0.4, 0.5) is 8.78 Å². The molecule has 1 aromatic heterocycles. The zero-order valence-corrected chi connectivity index (χ0v) is 9.19. The Kier molecular flexibility index (Phi) is 3.15. The van der Waals surface area contributed by atoms with Crippen LogP contribution in [-0.2, 0) is 0 Å². The largest absolute Gasteiger partial charge is 0.383 e. The van der Waals surface area contributed by atoms with E-state index in [1.807, 2.05) is 0 Å². The van der Waals surface area contributed by atoms with Gasteiger partial charge in [0.25, 0.3) is 0 Å². The van der Waals surface area contributed by atoms with Crippen LogP contribution in [0, 0.1) is 18.6 Å². The van der Waals surface area contributed by atoms with E-state index in [-0.39, 0.29) is 11.1 Å². The van der Waals surface area contributed by atoms with Crippen LogP contribution in [0.3, 0.4) is 0 Å². The van der Waals surface area contributed by atoms with E-state index in [9.17, 15) is 13.9 Å². The first kappa shape index (κ1) is 11.7. The summed E-state index contributed by atoms with van der Waals surface area (Å²) in [5.74, 6) is -1.20. The van der Waals surface area contributed by atoms with Gasteiger partial charge in [0.15, 0.2) is 0 Å². The van der Waals surface area contributed by atoms with Crippen molar-refractivity contribution in [2.75, 3.05) is 0 Å². The molecule has 88 valence electrons. The molecule has 1 aromatic carbocycles. The second-order valence-electron chi connectivity index (χ2n) is 3.82. The summed E-state index contributed by atoms with van der Waals surface area (Å²) in [6.45, 7) is 1.74. The Balaban J connectivity index is 2.44. The first-order valence-electron chi connectivity index (χ1n) is 5.13. The molecular weight excluding hydrogens is 224 g/mol. The van der Waals surface area contributed by atoms with Crippen LogP contribution >= 0.6 is 0 Å². The van der Waals surface area contributed by atoms with Crippen molar-refractivity contribution < 1.29 is 13.9 Å². The molecule has 0 saturated heterocycles. The van der Waals surface area contributed by atoms with E-state index in [0.717, 1.165) is 11.8 Å². The molecule has 1 heterocycles. The summed E-state index contributed by atoms with van der Waals surface area (Å²) >= 11 is 0. The van der Waals surface area contributed by atoms with Crippen LogP contribution in [0.25, 0.3) is 0 Å². The average Bonchev–Trinajstić information content (AvgIpc) is 2.29. The van der Waals surface area contributed by atoms with Crippen molar-refractivity contribution >= 4 is 0 Å². The van der Waals surface area contributed by atoms with E-state index in [4.69, 9.17) is 0 Å². The second-order valence-corrected chi connectivity index (χ2v) is 3.82. The van der Waals surface area contributed by atoms with E-state index in [1.165, 1.54) is 24.4 Å². The van der Waals surface area contributed by atoms with Crippen LogP contribution in [0.5, 0.6) is 0 Å². The third-order valence-corrected chi connectivity index (χ3v) is 2.55. The Morgan fingerprint density at radius 1 is 1.12 bits per heavy atom. The minimum atomic E-state index is -1.32. The Labute approximate surface area is 97.6 Å². The van der Waals surface area contributed by atoms with Gasteiger partial charge in [0.2, 0.25) is 0 Å². The summed E-state index contributed by atoms with van der Waals surface area (Å²) in [6, 6.07) is 5.76. The summed E-state index contributed by atoms with van der Waals surface area (Å²) in [5, 5.41) is 9.94. The molecule has 0 aliphatic heterocycles. The molecule has 0 fully saturated rings. The number of hydrogen-bond donors (Lipinski definition) is 1. The van der Waals surface area contributed by atoms with Gasteiger partial charge in [-0.15, -0.1) is 0 Å². The molecule has 1 atom stereocenters. The summed E-state index contributed by atoms with van der Waals surface area (Å²) < 4.78 is 27.0. The maximum atomic E-state index is 13.6. The number of aryl methyl sites for hydroxylation is 1. The van der Waals surface area contributed by atoms with Gasteiger partial charge in [-0.2, -0.15) is 0 Å². The number of hydrogen-bond acceptors (Lipinski definition) is 2. The molecule has 17 heavy (non-hydrogen) atoms. The lowest BCUT2D eigenvalue weighted by Gasteiger charge is -2.13. The topological polar surface area (TPSA) is 33.1 Å². The van der Waals surface area contributed by atoms with E-state index in [2.05, 4.69) is 4.98 Å². The Bertz CT molecular complexity index is 543. The van der Waals surface area contributed by atoms with E-state index in [0.29, 0.717) is 0 Å². The molecule has 2 aromatic rings. The minimum Gasteiger partial charge on any atom is -0.383 e. The number of pyridine rings is 1. The Hall–Kier alpha value is -1.81. The monoisotopic (exact) mass is 235 g/mol. The summed E-state index contributed by atoms with van der Waals surface area (Å²) in [6.07, 6.45) is 1.02. The number of aliphatic hydroxyl groups excluding tert-OH is 1. The Morgan fingerprint density at radius 3 is 2.47 bits per heavy atom. The SMILES string of the molecule is Cc1ccc(C(O)c2ccncc2F)c(F)c1. The molecule has 0 spiro atoms. The highest BCUT2D eigenvalue weighted by Crippen LogP contribution is 2.26. The molecular formula is C13H11F2NO. The van der Waals surface area contributed by atoms with Crippen molar-refractivity contribution in [2.45, 2.75) is 13.0 Å². The molecule has 2 nitrogen and oxygen atoms in total. The molecule has 1 N–H and O–H groups in total.